The van der Waals surface area contributed by atoms with Crippen molar-refractivity contribution < 1.29 is 14.2 Å². The smallest absolute Gasteiger partial charge is 0.177 e. The first kappa shape index (κ1) is 14.9. The number of nitrogens with two attached hydrogens (primary N) is 1. The molecule has 102 valence electrons. The van der Waals surface area contributed by atoms with Gasteiger partial charge < -0.3 is 14.2 Å². The second-order valence-corrected chi connectivity index (χ2v) is 4.16. The van der Waals surface area contributed by atoms with E-state index >= 15 is 0 Å². The maximum atomic E-state index is 5.61. The highest BCUT2D eigenvalue weighted by Crippen LogP contribution is 2.28. The summed E-state index contributed by atoms with van der Waals surface area (Å²) in [5, 5.41) is 0. The van der Waals surface area contributed by atoms with Gasteiger partial charge in [0.1, 0.15) is 5.75 Å². The van der Waals surface area contributed by atoms with Crippen LogP contribution in [0.4, 0.5) is 0 Å². The molecule has 1 aromatic carbocycles. The van der Waals surface area contributed by atoms with Crippen LogP contribution in [-0.4, -0.2) is 27.6 Å². The fourth-order valence-electron chi connectivity index (χ4n) is 2.05. The second-order valence-electron chi connectivity index (χ2n) is 4.16. The van der Waals surface area contributed by atoms with E-state index in [1.165, 1.54) is 0 Å². The Morgan fingerprint density at radius 2 is 1.67 bits per heavy atom. The lowest BCUT2D eigenvalue weighted by atomic mass is 9.98. The molecule has 5 nitrogen and oxygen atoms in total. The Morgan fingerprint density at radius 3 is 2.11 bits per heavy atom. The number of ether oxygens (including phenoxy) is 3. The summed E-state index contributed by atoms with van der Waals surface area (Å²) in [5.41, 5.74) is 5.88. The molecule has 0 spiro atoms. The first-order chi connectivity index (χ1) is 8.58. The molecule has 18 heavy (non-hydrogen) atoms. The van der Waals surface area contributed by atoms with Gasteiger partial charge in [-0.05, 0) is 36.6 Å². The van der Waals surface area contributed by atoms with Crippen molar-refractivity contribution in [2.24, 2.45) is 5.84 Å². The summed E-state index contributed by atoms with van der Waals surface area (Å²) in [6, 6.07) is 3.78. The zero-order valence-corrected chi connectivity index (χ0v) is 11.6. The lowest BCUT2D eigenvalue weighted by Gasteiger charge is -2.26. The molecule has 0 aliphatic carbocycles. The number of benzene rings is 1. The molecule has 5 heteroatoms. The van der Waals surface area contributed by atoms with Crippen LogP contribution in [0.3, 0.4) is 0 Å². The molecule has 0 saturated heterocycles. The van der Waals surface area contributed by atoms with Crippen LogP contribution in [0.2, 0.25) is 0 Å². The van der Waals surface area contributed by atoms with E-state index in [4.69, 9.17) is 20.1 Å². The van der Waals surface area contributed by atoms with Gasteiger partial charge in [-0.25, -0.2) is 5.43 Å². The maximum Gasteiger partial charge on any atom is 0.177 e. The Bertz CT molecular complexity index is 392. The summed E-state index contributed by atoms with van der Waals surface area (Å²) in [7, 11) is 4.83. The summed E-state index contributed by atoms with van der Waals surface area (Å²) in [5.74, 6) is 6.46. The third kappa shape index (κ3) is 3.00. The molecule has 0 fully saturated rings. The van der Waals surface area contributed by atoms with Gasteiger partial charge in [0.25, 0.3) is 0 Å². The highest BCUT2D eigenvalue weighted by Gasteiger charge is 2.24. The second kappa shape index (κ2) is 6.70. The topological polar surface area (TPSA) is 65.7 Å². The zero-order chi connectivity index (χ0) is 13.7. The van der Waals surface area contributed by atoms with E-state index in [1.54, 1.807) is 21.3 Å². The molecule has 0 radical (unpaired) electrons. The summed E-state index contributed by atoms with van der Waals surface area (Å²) in [6.45, 7) is 3.99. The SMILES string of the molecule is COc1cc(C)c(C(NN)C(OC)OC)cc1C. The highest BCUT2D eigenvalue weighted by atomic mass is 16.7. The number of rotatable bonds is 6. The van der Waals surface area contributed by atoms with Crippen LogP contribution in [0, 0.1) is 13.8 Å². The molecule has 0 saturated carbocycles. The van der Waals surface area contributed by atoms with Gasteiger partial charge in [0.2, 0.25) is 0 Å². The zero-order valence-electron chi connectivity index (χ0n) is 11.6. The van der Waals surface area contributed by atoms with Gasteiger partial charge in [-0.1, -0.05) is 6.07 Å². The number of nitrogens with one attached hydrogen (secondary N) is 1. The van der Waals surface area contributed by atoms with Gasteiger partial charge in [0.15, 0.2) is 6.29 Å². The van der Waals surface area contributed by atoms with Crippen molar-refractivity contribution in [3.63, 3.8) is 0 Å². The van der Waals surface area contributed by atoms with Crippen LogP contribution < -0.4 is 16.0 Å². The molecule has 0 amide bonds. The summed E-state index contributed by atoms with van der Waals surface area (Å²) in [4.78, 5) is 0. The molecule has 1 unspecified atom stereocenters. The molecule has 1 aromatic rings. The minimum Gasteiger partial charge on any atom is -0.496 e. The van der Waals surface area contributed by atoms with Crippen LogP contribution in [0.15, 0.2) is 12.1 Å². The first-order valence-electron chi connectivity index (χ1n) is 5.75. The average Bonchev–Trinajstić information content (AvgIpc) is 2.38. The van der Waals surface area contributed by atoms with Gasteiger partial charge in [0.05, 0.1) is 13.2 Å². The van der Waals surface area contributed by atoms with E-state index in [1.807, 2.05) is 26.0 Å². The minimum absolute atomic E-state index is 0.232. The standard InChI is InChI=1S/C13H22N2O3/c1-8-7-11(16-3)9(2)6-10(8)12(15-14)13(17-4)18-5/h6-7,12-13,15H,14H2,1-5H3. The largest absolute Gasteiger partial charge is 0.496 e. The Morgan fingerprint density at radius 1 is 1.06 bits per heavy atom. The molecule has 0 aliphatic heterocycles. The quantitative estimate of drug-likeness (QED) is 0.457. The molecule has 0 bridgehead atoms. The van der Waals surface area contributed by atoms with E-state index in [0.717, 1.165) is 22.4 Å². The van der Waals surface area contributed by atoms with Gasteiger partial charge in [0, 0.05) is 14.2 Å². The normalized spacial score (nSPS) is 12.8. The molecular formula is C13H22N2O3. The van der Waals surface area contributed by atoms with Crippen molar-refractivity contribution in [3.05, 3.63) is 28.8 Å². The molecule has 1 rings (SSSR count). The minimum atomic E-state index is -0.443. The number of hydrogen-bond donors (Lipinski definition) is 2. The maximum absolute atomic E-state index is 5.61. The highest BCUT2D eigenvalue weighted by molar-refractivity contribution is 5.43. The van der Waals surface area contributed by atoms with Crippen LogP contribution in [0.1, 0.15) is 22.7 Å². The summed E-state index contributed by atoms with van der Waals surface area (Å²) >= 11 is 0. The molecule has 0 aromatic heterocycles. The van der Waals surface area contributed by atoms with E-state index < -0.39 is 6.29 Å². The van der Waals surface area contributed by atoms with Gasteiger partial charge in [-0.2, -0.15) is 0 Å². The Balaban J connectivity index is 3.17. The number of aryl methyl sites for hydroxylation is 2. The third-order valence-corrected chi connectivity index (χ3v) is 3.03. The van der Waals surface area contributed by atoms with Crippen LogP contribution in [0.25, 0.3) is 0 Å². The van der Waals surface area contributed by atoms with Crippen molar-refractivity contribution in [2.75, 3.05) is 21.3 Å². The van der Waals surface area contributed by atoms with Crippen molar-refractivity contribution in [2.45, 2.75) is 26.2 Å². The van der Waals surface area contributed by atoms with Crippen LogP contribution in [-0.2, 0) is 9.47 Å². The van der Waals surface area contributed by atoms with Crippen molar-refractivity contribution in [3.8, 4) is 5.75 Å². The average molecular weight is 254 g/mol. The van der Waals surface area contributed by atoms with E-state index in [9.17, 15) is 0 Å². The fourth-order valence-corrected chi connectivity index (χ4v) is 2.05. The van der Waals surface area contributed by atoms with Gasteiger partial charge in [-0.3, -0.25) is 5.84 Å². The summed E-state index contributed by atoms with van der Waals surface area (Å²) < 4.78 is 15.8. The van der Waals surface area contributed by atoms with Crippen LogP contribution in [0.5, 0.6) is 5.75 Å². The lowest BCUT2D eigenvalue weighted by molar-refractivity contribution is -0.124. The monoisotopic (exact) mass is 254 g/mol. The predicted octanol–water partition coefficient (Wildman–Crippen LogP) is 1.44. The number of hydrogen-bond acceptors (Lipinski definition) is 5. The van der Waals surface area contributed by atoms with Crippen LogP contribution >= 0.6 is 0 Å². The number of hydrazine groups is 1. The first-order valence-corrected chi connectivity index (χ1v) is 5.75. The number of methoxy groups -OCH3 is 3. The fraction of sp³-hybridized carbons (Fsp3) is 0.538. The molecule has 3 N–H and O–H groups in total. The predicted molar refractivity (Wildman–Crippen MR) is 70.3 cm³/mol. The molecule has 0 aliphatic rings. The van der Waals surface area contributed by atoms with E-state index in [-0.39, 0.29) is 6.04 Å². The Labute approximate surface area is 108 Å². The molecular weight excluding hydrogens is 232 g/mol. The van der Waals surface area contributed by atoms with Crippen molar-refractivity contribution in [1.29, 1.82) is 0 Å². The van der Waals surface area contributed by atoms with Gasteiger partial charge in [-0.15, -0.1) is 0 Å². The summed E-state index contributed by atoms with van der Waals surface area (Å²) in [6.07, 6.45) is -0.443. The molecule has 1 atom stereocenters. The molecule has 0 heterocycles. The third-order valence-electron chi connectivity index (χ3n) is 3.03. The Hall–Kier alpha value is -1.14. The lowest BCUT2D eigenvalue weighted by Crippen LogP contribution is -2.39. The van der Waals surface area contributed by atoms with Crippen molar-refractivity contribution >= 4 is 0 Å². The van der Waals surface area contributed by atoms with Gasteiger partial charge >= 0.3 is 0 Å². The van der Waals surface area contributed by atoms with Crippen molar-refractivity contribution in [1.82, 2.24) is 5.43 Å². The van der Waals surface area contributed by atoms with E-state index in [0.29, 0.717) is 0 Å². The van der Waals surface area contributed by atoms with E-state index in [2.05, 4.69) is 5.43 Å². The Kier molecular flexibility index (Phi) is 5.55.